The van der Waals surface area contributed by atoms with Gasteiger partial charge in [0.25, 0.3) is 5.56 Å². The normalized spacial score (nSPS) is 23.1. The van der Waals surface area contributed by atoms with Crippen molar-refractivity contribution in [3.8, 4) is 0 Å². The molecule has 1 N–H and O–H groups in total. The number of aryl methyl sites for hydroxylation is 1. The van der Waals surface area contributed by atoms with Crippen LogP contribution in [0.4, 0.5) is 0 Å². The van der Waals surface area contributed by atoms with Crippen LogP contribution in [0.3, 0.4) is 0 Å². The van der Waals surface area contributed by atoms with Gasteiger partial charge < -0.3 is 4.98 Å². The van der Waals surface area contributed by atoms with Crippen LogP contribution >= 0.6 is 11.8 Å². The first-order valence-electron chi connectivity index (χ1n) is 7.96. The summed E-state index contributed by atoms with van der Waals surface area (Å²) in [6, 6.07) is 8.86. The number of benzene rings is 1. The highest BCUT2D eigenvalue weighted by Crippen LogP contribution is 2.45. The van der Waals surface area contributed by atoms with E-state index >= 15 is 0 Å². The summed E-state index contributed by atoms with van der Waals surface area (Å²) in [5.41, 5.74) is 5.18. The zero-order chi connectivity index (χ0) is 15.2. The van der Waals surface area contributed by atoms with Crippen LogP contribution in [0.5, 0.6) is 0 Å². The van der Waals surface area contributed by atoms with Gasteiger partial charge in [-0.25, -0.2) is 4.98 Å². The standard InChI is InChI=1S/C18H20N2OS/c1-22-17-19-15-11-18(10-8-13(15)16(21)20-17)9-4-6-12-5-2-3-7-14(12)18/h2-3,5,7H,4,6,8-11H2,1H3,(H,19,20,21). The van der Waals surface area contributed by atoms with Crippen molar-refractivity contribution in [3.05, 3.63) is 57.0 Å². The molecule has 1 aromatic heterocycles. The Hall–Kier alpha value is -1.55. The minimum absolute atomic E-state index is 0.0632. The molecule has 1 aromatic carbocycles. The van der Waals surface area contributed by atoms with Gasteiger partial charge in [-0.05, 0) is 55.9 Å². The van der Waals surface area contributed by atoms with Gasteiger partial charge in [-0.15, -0.1) is 0 Å². The van der Waals surface area contributed by atoms with E-state index in [9.17, 15) is 4.79 Å². The Kier molecular flexibility index (Phi) is 3.37. The number of hydrogen-bond donors (Lipinski definition) is 1. The highest BCUT2D eigenvalue weighted by Gasteiger charge is 2.40. The van der Waals surface area contributed by atoms with Crippen molar-refractivity contribution in [2.24, 2.45) is 0 Å². The molecule has 1 unspecified atom stereocenters. The maximum absolute atomic E-state index is 12.3. The third-order valence-electron chi connectivity index (χ3n) is 5.32. The Bertz CT molecular complexity index is 783. The summed E-state index contributed by atoms with van der Waals surface area (Å²) in [6.45, 7) is 0. The van der Waals surface area contributed by atoms with E-state index in [4.69, 9.17) is 4.98 Å². The van der Waals surface area contributed by atoms with Crippen molar-refractivity contribution < 1.29 is 0 Å². The number of nitrogens with zero attached hydrogens (tertiary/aromatic N) is 1. The molecule has 3 nitrogen and oxygen atoms in total. The third kappa shape index (κ3) is 2.12. The van der Waals surface area contributed by atoms with E-state index in [1.165, 1.54) is 42.2 Å². The third-order valence-corrected chi connectivity index (χ3v) is 5.90. The van der Waals surface area contributed by atoms with E-state index in [1.54, 1.807) is 0 Å². The van der Waals surface area contributed by atoms with Gasteiger partial charge in [0.05, 0.1) is 5.69 Å². The van der Waals surface area contributed by atoms with Crippen LogP contribution in [0.1, 0.15) is 41.6 Å². The fourth-order valence-electron chi connectivity index (χ4n) is 4.25. The molecule has 1 atom stereocenters. The molecular weight excluding hydrogens is 292 g/mol. The van der Waals surface area contributed by atoms with Crippen molar-refractivity contribution in [2.75, 3.05) is 6.26 Å². The molecule has 0 saturated carbocycles. The largest absolute Gasteiger partial charge is 0.301 e. The second-order valence-corrected chi connectivity index (χ2v) is 7.26. The second kappa shape index (κ2) is 5.27. The van der Waals surface area contributed by atoms with Crippen molar-refractivity contribution >= 4 is 11.8 Å². The number of rotatable bonds is 1. The van der Waals surface area contributed by atoms with E-state index in [0.717, 1.165) is 35.7 Å². The summed E-state index contributed by atoms with van der Waals surface area (Å²) >= 11 is 1.51. The summed E-state index contributed by atoms with van der Waals surface area (Å²) < 4.78 is 0. The van der Waals surface area contributed by atoms with Crippen molar-refractivity contribution in [3.63, 3.8) is 0 Å². The number of H-pyrrole nitrogens is 1. The molecule has 4 rings (SSSR count). The van der Waals surface area contributed by atoms with Gasteiger partial charge in [0.2, 0.25) is 0 Å². The van der Waals surface area contributed by atoms with Gasteiger partial charge in [-0.1, -0.05) is 36.0 Å². The van der Waals surface area contributed by atoms with Gasteiger partial charge in [-0.3, -0.25) is 4.79 Å². The summed E-state index contributed by atoms with van der Waals surface area (Å²) in [5, 5.41) is 0.741. The molecule has 1 spiro atoms. The monoisotopic (exact) mass is 312 g/mol. The average Bonchev–Trinajstić information content (AvgIpc) is 2.55. The number of nitrogens with one attached hydrogen (secondary N) is 1. The predicted octanol–water partition coefficient (Wildman–Crippen LogP) is 3.25. The number of aromatic amines is 1. The van der Waals surface area contributed by atoms with E-state index in [1.807, 2.05) is 6.26 Å². The first-order chi connectivity index (χ1) is 10.7. The molecule has 2 aromatic rings. The lowest BCUT2D eigenvalue weighted by atomic mass is 9.62. The van der Waals surface area contributed by atoms with Crippen LogP contribution in [0, 0.1) is 0 Å². The van der Waals surface area contributed by atoms with Crippen LogP contribution in [0.15, 0.2) is 34.2 Å². The summed E-state index contributed by atoms with van der Waals surface area (Å²) in [6.07, 6.45) is 8.43. The predicted molar refractivity (Wildman–Crippen MR) is 89.7 cm³/mol. The Morgan fingerprint density at radius 1 is 1.23 bits per heavy atom. The lowest BCUT2D eigenvalue weighted by Crippen LogP contribution is -2.39. The van der Waals surface area contributed by atoms with Gasteiger partial charge in [0, 0.05) is 11.0 Å². The Morgan fingerprint density at radius 2 is 2.09 bits per heavy atom. The Morgan fingerprint density at radius 3 is 2.95 bits per heavy atom. The van der Waals surface area contributed by atoms with E-state index in [2.05, 4.69) is 29.2 Å². The smallest absolute Gasteiger partial charge is 0.254 e. The first kappa shape index (κ1) is 14.1. The van der Waals surface area contributed by atoms with Crippen LogP contribution < -0.4 is 5.56 Å². The molecule has 0 fully saturated rings. The fourth-order valence-corrected chi connectivity index (χ4v) is 4.64. The zero-order valence-electron chi connectivity index (χ0n) is 12.8. The van der Waals surface area contributed by atoms with Crippen LogP contribution in [-0.2, 0) is 24.7 Å². The number of fused-ring (bicyclic) bond motifs is 3. The lowest BCUT2D eigenvalue weighted by molar-refractivity contribution is 0.310. The number of thioether (sulfide) groups is 1. The van der Waals surface area contributed by atoms with E-state index in [0.29, 0.717) is 0 Å². The highest BCUT2D eigenvalue weighted by atomic mass is 32.2. The van der Waals surface area contributed by atoms with Crippen LogP contribution in [0.25, 0.3) is 0 Å². The van der Waals surface area contributed by atoms with Crippen molar-refractivity contribution in [2.45, 2.75) is 49.1 Å². The van der Waals surface area contributed by atoms with Crippen LogP contribution in [-0.4, -0.2) is 16.2 Å². The molecule has 0 amide bonds. The molecular formula is C18H20N2OS. The van der Waals surface area contributed by atoms with Gasteiger partial charge in [0.1, 0.15) is 0 Å². The molecule has 0 radical (unpaired) electrons. The maximum Gasteiger partial charge on any atom is 0.254 e. The average molecular weight is 312 g/mol. The minimum Gasteiger partial charge on any atom is -0.301 e. The van der Waals surface area contributed by atoms with Crippen LogP contribution in [0.2, 0.25) is 0 Å². The van der Waals surface area contributed by atoms with E-state index < -0.39 is 0 Å². The van der Waals surface area contributed by atoms with Gasteiger partial charge in [-0.2, -0.15) is 0 Å². The van der Waals surface area contributed by atoms with Crippen molar-refractivity contribution in [1.82, 2.24) is 9.97 Å². The summed E-state index contributed by atoms with van der Waals surface area (Å²) in [7, 11) is 0. The quantitative estimate of drug-likeness (QED) is 0.649. The molecule has 22 heavy (non-hydrogen) atoms. The maximum atomic E-state index is 12.3. The SMILES string of the molecule is CSc1nc2c(c(=O)[nH]1)CCC1(CCCc3ccccc31)C2. The lowest BCUT2D eigenvalue weighted by Gasteiger charge is -2.42. The highest BCUT2D eigenvalue weighted by molar-refractivity contribution is 7.98. The topological polar surface area (TPSA) is 45.8 Å². The molecule has 0 bridgehead atoms. The fraction of sp³-hybridized carbons (Fsp3) is 0.444. The van der Waals surface area contributed by atoms with Gasteiger partial charge >= 0.3 is 0 Å². The second-order valence-electron chi connectivity index (χ2n) is 6.47. The minimum atomic E-state index is 0.0632. The molecule has 2 aliphatic rings. The number of aromatic nitrogens is 2. The molecule has 1 heterocycles. The molecule has 2 aliphatic carbocycles. The Labute approximate surface area is 134 Å². The molecule has 0 saturated heterocycles. The molecule has 4 heteroatoms. The molecule has 0 aliphatic heterocycles. The van der Waals surface area contributed by atoms with Crippen molar-refractivity contribution in [1.29, 1.82) is 0 Å². The summed E-state index contributed by atoms with van der Waals surface area (Å²) in [5.74, 6) is 0. The number of hydrogen-bond acceptors (Lipinski definition) is 3. The Balaban J connectivity index is 1.82. The zero-order valence-corrected chi connectivity index (χ0v) is 13.6. The van der Waals surface area contributed by atoms with E-state index in [-0.39, 0.29) is 11.0 Å². The van der Waals surface area contributed by atoms with Gasteiger partial charge in [0.15, 0.2) is 5.16 Å². The molecule has 114 valence electrons. The first-order valence-corrected chi connectivity index (χ1v) is 9.19. The summed E-state index contributed by atoms with van der Waals surface area (Å²) in [4.78, 5) is 19.9.